The largest absolute Gasteiger partial charge is 0.554 e. The molecule has 0 atom stereocenters. The summed E-state index contributed by atoms with van der Waals surface area (Å²) in [6.07, 6.45) is 8.57. The van der Waals surface area contributed by atoms with E-state index in [2.05, 4.69) is 105 Å². The minimum atomic E-state index is 0. The number of methoxy groups -OCH3 is 3. The van der Waals surface area contributed by atoms with Crippen molar-refractivity contribution < 1.29 is 43.5 Å². The van der Waals surface area contributed by atoms with Crippen molar-refractivity contribution in [1.82, 2.24) is 29.3 Å². The minimum Gasteiger partial charge on any atom is -0.554 e. The van der Waals surface area contributed by atoms with E-state index in [1.54, 1.807) is 34.4 Å². The van der Waals surface area contributed by atoms with Crippen LogP contribution in [0.3, 0.4) is 0 Å². The molecule has 0 aliphatic heterocycles. The van der Waals surface area contributed by atoms with Crippen LogP contribution < -0.4 is 28.4 Å². The van der Waals surface area contributed by atoms with Crippen molar-refractivity contribution in [2.24, 2.45) is 0 Å². The minimum absolute atomic E-state index is 0. The second kappa shape index (κ2) is 19.8. The maximum Gasteiger partial charge on any atom is 0.268 e. The van der Waals surface area contributed by atoms with Crippen LogP contribution in [0.1, 0.15) is 11.4 Å². The predicted molar refractivity (Wildman–Crippen MR) is 233 cm³/mol. The van der Waals surface area contributed by atoms with Crippen LogP contribution in [0.5, 0.6) is 17.2 Å². The standard InChI is InChI=1S/C21H17N2O2.C21H17N2O.C8H7N4.Ir/c1-24-18-11-7-16(8-12-18)22-15-23(21-6-4-3-5-20(21)22)17-9-13-19(25-2)14-10-17;1-16-7-9-17(10-8-16)22-15-23(21-6-4-3-5-20(21)22)18-11-13-19(24-2)14-12-18;1-6-10-8(12-11-6)7-4-2-3-5-9-7;/h3-9,11-14H,1-2H3;3-11,13-14H,1-2H3;2-5H,1H3;/q3*-1;. The van der Waals surface area contributed by atoms with Gasteiger partial charge in [-0.3, -0.25) is 19.2 Å². The van der Waals surface area contributed by atoms with Crippen molar-refractivity contribution in [1.29, 1.82) is 0 Å². The first-order valence-electron chi connectivity index (χ1n) is 19.4. The maximum absolute atomic E-state index is 5.25. The van der Waals surface area contributed by atoms with Crippen molar-refractivity contribution in [3.63, 3.8) is 0 Å². The molecule has 0 N–H and O–H groups in total. The fourth-order valence-electron chi connectivity index (χ4n) is 6.54. The molecule has 311 valence electrons. The summed E-state index contributed by atoms with van der Waals surface area (Å²) >= 11 is 0. The second-order valence-corrected chi connectivity index (χ2v) is 13.7. The SMILES string of the molecule is COc1c[c-]c(-n2[c-][n+](-c3ccc(C)cc3)c3ccccc32)cc1.COc1c[c-]c(-n2[c-][n+](-c3ccc(OC)cc3)c3ccccc32)cc1.Cc1n[n-]c(-c2ccccn2)n1.[Ir]. The average molecular weight is 994 g/mol. The van der Waals surface area contributed by atoms with E-state index in [1.807, 2.05) is 117 Å². The normalized spacial score (nSPS) is 10.5. The van der Waals surface area contributed by atoms with E-state index in [4.69, 9.17) is 14.2 Å². The zero-order valence-electron chi connectivity index (χ0n) is 34.6. The molecule has 0 unspecified atom stereocenters. The summed E-state index contributed by atoms with van der Waals surface area (Å²) in [7, 11) is 4.97. The van der Waals surface area contributed by atoms with Crippen molar-refractivity contribution in [3.8, 4) is 51.5 Å². The molecule has 0 spiro atoms. The van der Waals surface area contributed by atoms with E-state index < -0.39 is 0 Å². The third-order valence-corrected chi connectivity index (χ3v) is 9.69. The first-order valence-corrected chi connectivity index (χ1v) is 19.4. The number of aryl methyl sites for hydroxylation is 2. The average Bonchev–Trinajstić information content (AvgIpc) is 4.06. The number of nitrogens with zero attached hydrogens (tertiary/aromatic N) is 8. The van der Waals surface area contributed by atoms with Gasteiger partial charge in [0.1, 0.15) is 5.75 Å². The van der Waals surface area contributed by atoms with Crippen molar-refractivity contribution in [2.75, 3.05) is 21.3 Å². The molecular formula is C50H41IrN8O3-3. The van der Waals surface area contributed by atoms with Gasteiger partial charge in [-0.05, 0) is 79.6 Å². The van der Waals surface area contributed by atoms with Gasteiger partial charge in [-0.25, -0.2) is 0 Å². The number of benzene rings is 6. The summed E-state index contributed by atoms with van der Waals surface area (Å²) in [5, 5.41) is 7.65. The van der Waals surface area contributed by atoms with Crippen molar-refractivity contribution in [3.05, 3.63) is 194 Å². The Balaban J connectivity index is 0.000000147. The van der Waals surface area contributed by atoms with Crippen LogP contribution in [0.2, 0.25) is 0 Å². The number of pyridine rings is 1. The van der Waals surface area contributed by atoms with E-state index >= 15 is 0 Å². The van der Waals surface area contributed by atoms with Gasteiger partial charge in [-0.2, -0.15) is 24.3 Å². The van der Waals surface area contributed by atoms with E-state index in [0.29, 0.717) is 11.6 Å². The van der Waals surface area contributed by atoms with Crippen LogP contribution in [0.15, 0.2) is 158 Å². The van der Waals surface area contributed by atoms with Crippen molar-refractivity contribution >= 4 is 22.1 Å². The molecule has 6 aromatic carbocycles. The van der Waals surface area contributed by atoms with Crippen LogP contribution >= 0.6 is 0 Å². The zero-order valence-corrected chi connectivity index (χ0v) is 37.0. The number of rotatable bonds is 8. The molecule has 62 heavy (non-hydrogen) atoms. The fraction of sp³-hybridized carbons (Fsp3) is 0.100. The van der Waals surface area contributed by atoms with Gasteiger partial charge < -0.3 is 33.4 Å². The van der Waals surface area contributed by atoms with Crippen LogP contribution in [0.4, 0.5) is 0 Å². The van der Waals surface area contributed by atoms with Crippen LogP contribution in [-0.4, -0.2) is 45.5 Å². The summed E-state index contributed by atoms with van der Waals surface area (Å²) in [4.78, 5) is 8.19. The maximum atomic E-state index is 5.25. The topological polar surface area (TPSA) is 98.1 Å². The molecule has 0 bridgehead atoms. The van der Waals surface area contributed by atoms with Gasteiger partial charge >= 0.3 is 0 Å². The number of para-hydroxylation sites is 4. The third kappa shape index (κ3) is 9.47. The summed E-state index contributed by atoms with van der Waals surface area (Å²) in [6, 6.07) is 56.5. The Morgan fingerprint density at radius 2 is 1.03 bits per heavy atom. The predicted octanol–water partition coefficient (Wildman–Crippen LogP) is 8.15. The Morgan fingerprint density at radius 3 is 1.47 bits per heavy atom. The van der Waals surface area contributed by atoms with E-state index in [-0.39, 0.29) is 20.1 Å². The molecule has 11 nitrogen and oxygen atoms in total. The third-order valence-electron chi connectivity index (χ3n) is 9.69. The summed E-state index contributed by atoms with van der Waals surface area (Å²) < 4.78 is 23.8. The van der Waals surface area contributed by atoms with Gasteiger partial charge in [0, 0.05) is 43.6 Å². The Bertz CT molecular complexity index is 2900. The molecule has 0 aliphatic rings. The molecule has 12 heteroatoms. The molecule has 0 saturated carbocycles. The summed E-state index contributed by atoms with van der Waals surface area (Å²) in [6.45, 7) is 3.90. The van der Waals surface area contributed by atoms with Crippen LogP contribution in [-0.2, 0) is 20.1 Å². The molecular weight excluding hydrogens is 953 g/mol. The van der Waals surface area contributed by atoms with Crippen LogP contribution in [0, 0.1) is 38.6 Å². The zero-order chi connectivity index (χ0) is 42.1. The Morgan fingerprint density at radius 1 is 0.548 bits per heavy atom. The number of aromatic nitrogens is 8. The van der Waals surface area contributed by atoms with Gasteiger partial charge in [0.25, 0.3) is 12.7 Å². The van der Waals surface area contributed by atoms with Crippen molar-refractivity contribution in [2.45, 2.75) is 13.8 Å². The summed E-state index contributed by atoms with van der Waals surface area (Å²) in [5.74, 6) is 3.67. The number of hydrogen-bond donors (Lipinski definition) is 0. The van der Waals surface area contributed by atoms with Gasteiger partial charge in [0.05, 0.1) is 60.5 Å². The van der Waals surface area contributed by atoms with E-state index in [1.165, 1.54) is 5.56 Å². The summed E-state index contributed by atoms with van der Waals surface area (Å²) in [5.41, 5.74) is 10.3. The molecule has 10 aromatic rings. The molecule has 0 saturated heterocycles. The van der Waals surface area contributed by atoms with Gasteiger partial charge in [-0.15, -0.1) is 24.3 Å². The molecule has 0 aliphatic carbocycles. The molecule has 4 aromatic heterocycles. The molecule has 1 radical (unpaired) electrons. The number of imidazole rings is 2. The van der Waals surface area contributed by atoms with E-state index in [9.17, 15) is 0 Å². The Labute approximate surface area is 373 Å². The molecule has 0 amide bonds. The van der Waals surface area contributed by atoms with E-state index in [0.717, 1.165) is 67.8 Å². The molecule has 10 rings (SSSR count). The smallest absolute Gasteiger partial charge is 0.268 e. The first-order chi connectivity index (χ1) is 29.9. The van der Waals surface area contributed by atoms with Gasteiger partial charge in [0.2, 0.25) is 0 Å². The molecule has 0 fully saturated rings. The van der Waals surface area contributed by atoms with Gasteiger partial charge in [-0.1, -0.05) is 72.3 Å². The number of fused-ring (bicyclic) bond motifs is 2. The van der Waals surface area contributed by atoms with Crippen LogP contribution in [0.25, 0.3) is 56.3 Å². The monoisotopic (exact) mass is 994 g/mol. The Hall–Kier alpha value is -7.40. The number of ether oxygens (including phenoxy) is 3. The van der Waals surface area contributed by atoms with Gasteiger partial charge in [0.15, 0.2) is 0 Å². The quantitative estimate of drug-likeness (QED) is 0.112. The second-order valence-electron chi connectivity index (χ2n) is 13.7. The molecule has 4 heterocycles. The first kappa shape index (κ1) is 42.7. The number of hydrogen-bond acceptors (Lipinski definition) is 6. The Kier molecular flexibility index (Phi) is 13.6. The fourth-order valence-corrected chi connectivity index (χ4v) is 6.54.